The molecule has 17 heteroatoms. The lowest BCUT2D eigenvalue weighted by Crippen LogP contribution is -2.36. The lowest BCUT2D eigenvalue weighted by molar-refractivity contribution is -0.130. The number of benzene rings is 3. The number of aromatic nitrogens is 3. The number of nitrogens with one attached hydrogen (secondary N) is 2. The molecule has 2 aliphatic rings. The van der Waals surface area contributed by atoms with E-state index in [9.17, 15) is 31.9 Å². The average Bonchev–Trinajstić information content (AvgIpc) is 4.05. The van der Waals surface area contributed by atoms with Crippen LogP contribution in [0.2, 0.25) is 0 Å². The van der Waals surface area contributed by atoms with E-state index in [2.05, 4.69) is 45.5 Å². The van der Waals surface area contributed by atoms with Crippen LogP contribution < -0.4 is 20.1 Å². The van der Waals surface area contributed by atoms with E-state index in [1.165, 1.54) is 35.1 Å². The summed E-state index contributed by atoms with van der Waals surface area (Å²) in [4.78, 5) is 54.5. The van der Waals surface area contributed by atoms with Crippen molar-refractivity contribution in [3.8, 4) is 33.6 Å². The number of amides is 1. The Balaban J connectivity index is 0.000000190. The number of nitrogens with zero attached hydrogens (tertiary/aromatic N) is 4. The maximum Gasteiger partial charge on any atom is 0.224 e. The molecular weight excluding hydrogens is 1040 g/mol. The van der Waals surface area contributed by atoms with Gasteiger partial charge in [0.1, 0.15) is 34.7 Å². The van der Waals surface area contributed by atoms with Gasteiger partial charge in [0, 0.05) is 93.9 Å². The maximum atomic E-state index is 15.0. The number of ketones is 2. The molecule has 0 atom stereocenters. The SMILES string of the molecule is CCCNCCC(=O)N1CC=C(c2cc3nccc(Oc4ccc(CC(=O)CC5CC5)cc4F)c3s2)CC1.CCCNCc1ccc(-c2cc3nccc(Oc4ccc(CC(=O)Cc5cc(F)ccc5F)cc4F)c3s2)nc1. The van der Waals surface area contributed by atoms with Crippen LogP contribution in [0, 0.1) is 29.2 Å². The molecule has 11 nitrogen and oxygen atoms in total. The fourth-order valence-corrected chi connectivity index (χ4v) is 11.1. The first-order valence-electron chi connectivity index (χ1n) is 26.4. The van der Waals surface area contributed by atoms with Gasteiger partial charge in [-0.15, -0.1) is 22.7 Å². The summed E-state index contributed by atoms with van der Waals surface area (Å²) in [5.41, 5.74) is 5.66. The summed E-state index contributed by atoms with van der Waals surface area (Å²) >= 11 is 3.03. The summed E-state index contributed by atoms with van der Waals surface area (Å²) in [6.07, 6.45) is 13.4. The highest BCUT2D eigenvalue weighted by Gasteiger charge is 2.25. The topological polar surface area (TPSA) is 136 Å². The molecule has 0 unspecified atom stereocenters. The first-order chi connectivity index (χ1) is 37.9. The number of fused-ring (bicyclic) bond motifs is 2. The standard InChI is InChI=1S/C31H26F3N3O2S.C30H34FN3O3S/c1-2-10-35-17-20-3-7-26(37-18-20)30-16-27-31(40-30)29(9-11-36-27)39-28-8-4-19(13-25(28)34)12-23(38)15-21-14-22(32)5-6-24(21)33;1-2-11-32-12-8-29(36)34-14-9-22(10-15-34)28-19-25-30(38-28)27(7-13-33-25)37-26-6-5-21(18-24(26)31)17-23(35)16-20-3-4-20/h3-9,11,13-14,16,18,35H,2,10,12,15,17H2,1H3;5-7,9,13,18-20,32H,2-4,8,10-12,14-17H2,1H3. The van der Waals surface area contributed by atoms with Crippen molar-refractivity contribution in [2.45, 2.75) is 84.6 Å². The van der Waals surface area contributed by atoms with Crippen LogP contribution >= 0.6 is 22.7 Å². The van der Waals surface area contributed by atoms with Gasteiger partial charge in [0.05, 0.1) is 31.0 Å². The molecule has 78 heavy (non-hydrogen) atoms. The first-order valence-corrected chi connectivity index (χ1v) is 28.0. The molecule has 0 radical (unpaired) electrons. The van der Waals surface area contributed by atoms with Crippen LogP contribution in [-0.4, -0.2) is 70.0 Å². The summed E-state index contributed by atoms with van der Waals surface area (Å²) < 4.78 is 70.6. The summed E-state index contributed by atoms with van der Waals surface area (Å²) in [5.74, 6) is -0.757. The third-order valence-corrected chi connectivity index (χ3v) is 15.6. The van der Waals surface area contributed by atoms with Crippen molar-refractivity contribution >= 4 is 66.2 Å². The maximum absolute atomic E-state index is 15.0. The Hall–Kier alpha value is -7.18. The van der Waals surface area contributed by atoms with E-state index >= 15 is 0 Å². The highest BCUT2D eigenvalue weighted by Crippen LogP contribution is 2.41. The van der Waals surface area contributed by atoms with Gasteiger partial charge in [-0.25, -0.2) is 17.6 Å². The second-order valence-electron chi connectivity index (χ2n) is 19.5. The van der Waals surface area contributed by atoms with Gasteiger partial charge in [-0.2, -0.15) is 0 Å². The molecule has 1 amide bonds. The van der Waals surface area contributed by atoms with Crippen LogP contribution in [0.25, 0.3) is 36.6 Å². The molecule has 6 heterocycles. The molecule has 1 aliphatic carbocycles. The fourth-order valence-electron chi connectivity index (χ4n) is 8.97. The summed E-state index contributed by atoms with van der Waals surface area (Å²) in [6.45, 7) is 8.90. The Morgan fingerprint density at radius 1 is 0.641 bits per heavy atom. The average molecular weight is 1100 g/mol. The summed E-state index contributed by atoms with van der Waals surface area (Å²) in [6, 6.07) is 23.4. The van der Waals surface area contributed by atoms with Crippen LogP contribution in [0.15, 0.2) is 116 Å². The molecule has 2 N–H and O–H groups in total. The van der Waals surface area contributed by atoms with Crippen LogP contribution in [0.3, 0.4) is 0 Å². The monoisotopic (exact) mass is 1100 g/mol. The third-order valence-electron chi connectivity index (χ3n) is 13.2. The Morgan fingerprint density at radius 2 is 1.27 bits per heavy atom. The highest BCUT2D eigenvalue weighted by molar-refractivity contribution is 7.22. The van der Waals surface area contributed by atoms with Crippen molar-refractivity contribution in [1.82, 2.24) is 30.5 Å². The number of carbonyl (C=O) groups excluding carboxylic acids is 3. The lowest BCUT2D eigenvalue weighted by atomic mass is 10.0. The quantitative estimate of drug-likeness (QED) is 0.0471. The van der Waals surface area contributed by atoms with Crippen molar-refractivity contribution < 1.29 is 41.4 Å². The van der Waals surface area contributed by atoms with Crippen molar-refractivity contribution in [1.29, 1.82) is 0 Å². The summed E-state index contributed by atoms with van der Waals surface area (Å²) in [7, 11) is 0. The molecule has 1 fully saturated rings. The number of hydrogen-bond acceptors (Lipinski definition) is 12. The Bertz CT molecular complexity index is 3450. The second-order valence-corrected chi connectivity index (χ2v) is 21.6. The van der Waals surface area contributed by atoms with Gasteiger partial charge < -0.3 is 25.0 Å². The normalized spacial score (nSPS) is 13.3. The first kappa shape index (κ1) is 55.6. The molecule has 3 aromatic carbocycles. The predicted octanol–water partition coefficient (Wildman–Crippen LogP) is 13.6. The second kappa shape index (κ2) is 26.4. The molecule has 404 valence electrons. The van der Waals surface area contributed by atoms with Crippen molar-refractivity contribution in [2.75, 3.05) is 32.7 Å². The van der Waals surface area contributed by atoms with Crippen LogP contribution in [0.4, 0.5) is 17.6 Å². The smallest absolute Gasteiger partial charge is 0.224 e. The van der Waals surface area contributed by atoms with E-state index in [0.717, 1.165) is 106 Å². The molecule has 5 aromatic heterocycles. The van der Waals surface area contributed by atoms with Crippen LogP contribution in [0.1, 0.15) is 85.9 Å². The van der Waals surface area contributed by atoms with Gasteiger partial charge >= 0.3 is 0 Å². The van der Waals surface area contributed by atoms with E-state index in [0.29, 0.717) is 66.5 Å². The van der Waals surface area contributed by atoms with Gasteiger partial charge in [0.25, 0.3) is 0 Å². The number of ether oxygens (including phenoxy) is 2. The zero-order valence-corrected chi connectivity index (χ0v) is 45.2. The predicted molar refractivity (Wildman–Crippen MR) is 299 cm³/mol. The number of Topliss-reactive ketones (excluding diaryl/α,β-unsaturated/α-hetero) is 2. The van der Waals surface area contributed by atoms with Gasteiger partial charge in [0.2, 0.25) is 5.91 Å². The highest BCUT2D eigenvalue weighted by atomic mass is 32.1. The minimum absolute atomic E-state index is 0.00289. The van der Waals surface area contributed by atoms with E-state index < -0.39 is 23.3 Å². The molecule has 0 bridgehead atoms. The Kier molecular flexibility index (Phi) is 18.8. The molecule has 1 aliphatic heterocycles. The van der Waals surface area contributed by atoms with Gasteiger partial charge in [-0.05, 0) is 140 Å². The van der Waals surface area contributed by atoms with Crippen LogP contribution in [-0.2, 0) is 40.2 Å². The van der Waals surface area contributed by atoms with Gasteiger partial charge in [-0.1, -0.05) is 38.1 Å². The molecular formula is C61H60F4N6O5S2. The molecule has 0 saturated heterocycles. The van der Waals surface area contributed by atoms with Gasteiger partial charge in [0.15, 0.2) is 23.1 Å². The fraction of sp³-hybridized carbons (Fsp3) is 0.311. The lowest BCUT2D eigenvalue weighted by Gasteiger charge is -2.26. The number of halogens is 4. The van der Waals surface area contributed by atoms with Crippen LogP contribution in [0.5, 0.6) is 23.0 Å². The molecule has 8 aromatic rings. The largest absolute Gasteiger partial charge is 0.453 e. The number of rotatable bonds is 23. The Labute approximate surface area is 458 Å². The zero-order valence-electron chi connectivity index (χ0n) is 43.5. The number of hydrogen-bond donors (Lipinski definition) is 2. The summed E-state index contributed by atoms with van der Waals surface area (Å²) in [5, 5.41) is 6.64. The Morgan fingerprint density at radius 3 is 1.87 bits per heavy atom. The van der Waals surface area contributed by atoms with E-state index in [4.69, 9.17) is 9.47 Å². The molecule has 1 saturated carbocycles. The number of pyridine rings is 3. The molecule has 10 rings (SSSR count). The van der Waals surface area contributed by atoms with Crippen molar-refractivity contribution in [3.05, 3.63) is 166 Å². The minimum atomic E-state index is -0.655. The minimum Gasteiger partial charge on any atom is -0.453 e. The number of thiophene rings is 2. The molecule has 0 spiro atoms. The third kappa shape index (κ3) is 14.9. The van der Waals surface area contributed by atoms with E-state index in [1.54, 1.807) is 54.1 Å². The van der Waals surface area contributed by atoms with Crippen molar-refractivity contribution in [2.24, 2.45) is 5.92 Å². The van der Waals surface area contributed by atoms with Gasteiger partial charge in [-0.3, -0.25) is 29.3 Å². The van der Waals surface area contributed by atoms with E-state index in [-0.39, 0.29) is 53.8 Å². The number of carbonyl (C=O) groups is 3. The zero-order chi connectivity index (χ0) is 54.5. The van der Waals surface area contributed by atoms with Crippen molar-refractivity contribution in [3.63, 3.8) is 0 Å². The van der Waals surface area contributed by atoms with E-state index in [1.807, 2.05) is 35.4 Å².